The van der Waals surface area contributed by atoms with Gasteiger partial charge >= 0.3 is 0 Å². The molecule has 1 aliphatic rings. The van der Waals surface area contributed by atoms with Crippen LogP contribution >= 0.6 is 0 Å². The standard InChI is InChI=1S/C10H21NO/c1-10(12)7-5-4-6-9(10)8-11(2)3/h9,12H,4-8H2,1-3H3/t9-,10+/m0/s1. The quantitative estimate of drug-likeness (QED) is 0.680. The Morgan fingerprint density at radius 1 is 1.42 bits per heavy atom. The second-order valence-corrected chi connectivity index (χ2v) is 4.56. The van der Waals surface area contributed by atoms with E-state index in [9.17, 15) is 5.11 Å². The van der Waals surface area contributed by atoms with Gasteiger partial charge in [0.25, 0.3) is 0 Å². The summed E-state index contributed by atoms with van der Waals surface area (Å²) in [6, 6.07) is 0. The molecule has 1 aliphatic carbocycles. The van der Waals surface area contributed by atoms with Crippen molar-refractivity contribution < 1.29 is 5.11 Å². The molecule has 0 radical (unpaired) electrons. The van der Waals surface area contributed by atoms with E-state index in [2.05, 4.69) is 19.0 Å². The van der Waals surface area contributed by atoms with Crippen LogP contribution in [0.1, 0.15) is 32.6 Å². The Labute approximate surface area is 75.6 Å². The van der Waals surface area contributed by atoms with Crippen molar-refractivity contribution in [3.05, 3.63) is 0 Å². The van der Waals surface area contributed by atoms with Crippen LogP contribution in [-0.4, -0.2) is 36.2 Å². The molecule has 72 valence electrons. The molecule has 1 fully saturated rings. The Bertz CT molecular complexity index is 143. The topological polar surface area (TPSA) is 23.5 Å². The summed E-state index contributed by atoms with van der Waals surface area (Å²) in [5.74, 6) is 0.473. The molecule has 0 saturated heterocycles. The van der Waals surface area contributed by atoms with Crippen molar-refractivity contribution in [2.24, 2.45) is 5.92 Å². The van der Waals surface area contributed by atoms with E-state index >= 15 is 0 Å². The van der Waals surface area contributed by atoms with Gasteiger partial charge in [0.2, 0.25) is 0 Å². The molecule has 0 aliphatic heterocycles. The molecule has 0 aromatic carbocycles. The molecule has 2 nitrogen and oxygen atoms in total. The maximum absolute atomic E-state index is 10.1. The third-order valence-electron chi connectivity index (χ3n) is 2.95. The van der Waals surface area contributed by atoms with Crippen molar-refractivity contribution in [1.29, 1.82) is 0 Å². The summed E-state index contributed by atoms with van der Waals surface area (Å²) < 4.78 is 0. The maximum atomic E-state index is 10.1. The van der Waals surface area contributed by atoms with Crippen LogP contribution in [0, 0.1) is 5.92 Å². The number of hydrogen-bond donors (Lipinski definition) is 1. The van der Waals surface area contributed by atoms with E-state index in [0.717, 1.165) is 13.0 Å². The van der Waals surface area contributed by atoms with Gasteiger partial charge in [-0.25, -0.2) is 0 Å². The third kappa shape index (κ3) is 2.46. The molecular formula is C10H21NO. The van der Waals surface area contributed by atoms with Crippen LogP contribution in [0.4, 0.5) is 0 Å². The zero-order valence-electron chi connectivity index (χ0n) is 8.51. The van der Waals surface area contributed by atoms with Crippen LogP contribution in [0.5, 0.6) is 0 Å². The second kappa shape index (κ2) is 3.75. The Morgan fingerprint density at radius 3 is 2.58 bits per heavy atom. The first-order chi connectivity index (χ1) is 5.52. The van der Waals surface area contributed by atoms with Crippen molar-refractivity contribution in [2.75, 3.05) is 20.6 Å². The van der Waals surface area contributed by atoms with Crippen LogP contribution in [0.25, 0.3) is 0 Å². The van der Waals surface area contributed by atoms with Gasteiger partial charge in [-0.2, -0.15) is 0 Å². The summed E-state index contributed by atoms with van der Waals surface area (Å²) in [5.41, 5.74) is -0.414. The second-order valence-electron chi connectivity index (χ2n) is 4.56. The fraction of sp³-hybridized carbons (Fsp3) is 1.00. The van der Waals surface area contributed by atoms with E-state index in [1.54, 1.807) is 0 Å². The minimum absolute atomic E-state index is 0.414. The van der Waals surface area contributed by atoms with E-state index in [4.69, 9.17) is 0 Å². The smallest absolute Gasteiger partial charge is 0.0660 e. The zero-order chi connectivity index (χ0) is 9.19. The fourth-order valence-corrected chi connectivity index (χ4v) is 2.12. The summed E-state index contributed by atoms with van der Waals surface area (Å²) in [4.78, 5) is 2.17. The summed E-state index contributed by atoms with van der Waals surface area (Å²) in [6.07, 6.45) is 4.64. The maximum Gasteiger partial charge on any atom is 0.0660 e. The molecule has 0 bridgehead atoms. The SMILES string of the molecule is CN(C)C[C@@H]1CCCC[C@@]1(C)O. The highest BCUT2D eigenvalue weighted by molar-refractivity contribution is 4.86. The monoisotopic (exact) mass is 171 g/mol. The number of aliphatic hydroxyl groups is 1. The molecule has 0 spiro atoms. The van der Waals surface area contributed by atoms with E-state index in [-0.39, 0.29) is 0 Å². The van der Waals surface area contributed by atoms with Crippen molar-refractivity contribution >= 4 is 0 Å². The number of hydrogen-bond acceptors (Lipinski definition) is 2. The van der Waals surface area contributed by atoms with Crippen LogP contribution in [0.3, 0.4) is 0 Å². The van der Waals surface area contributed by atoms with E-state index in [0.29, 0.717) is 5.92 Å². The zero-order valence-corrected chi connectivity index (χ0v) is 8.51. The average Bonchev–Trinajstić information content (AvgIpc) is 1.92. The van der Waals surface area contributed by atoms with Crippen molar-refractivity contribution in [1.82, 2.24) is 4.90 Å². The molecule has 0 aromatic heterocycles. The molecule has 12 heavy (non-hydrogen) atoms. The van der Waals surface area contributed by atoms with Gasteiger partial charge in [-0.15, -0.1) is 0 Å². The highest BCUT2D eigenvalue weighted by Crippen LogP contribution is 2.33. The van der Waals surface area contributed by atoms with Gasteiger partial charge in [0, 0.05) is 12.5 Å². The largest absolute Gasteiger partial charge is 0.390 e. The minimum Gasteiger partial charge on any atom is -0.390 e. The minimum atomic E-state index is -0.414. The molecule has 1 saturated carbocycles. The fourth-order valence-electron chi connectivity index (χ4n) is 2.12. The summed E-state index contributed by atoms with van der Waals surface area (Å²) in [6.45, 7) is 3.01. The lowest BCUT2D eigenvalue weighted by molar-refractivity contribution is -0.0398. The van der Waals surface area contributed by atoms with Crippen LogP contribution in [-0.2, 0) is 0 Å². The predicted molar refractivity (Wildman–Crippen MR) is 51.1 cm³/mol. The third-order valence-corrected chi connectivity index (χ3v) is 2.95. The first kappa shape index (κ1) is 10.0. The first-order valence-corrected chi connectivity index (χ1v) is 4.89. The van der Waals surface area contributed by atoms with Crippen LogP contribution < -0.4 is 0 Å². The van der Waals surface area contributed by atoms with Gasteiger partial charge in [-0.1, -0.05) is 12.8 Å². The van der Waals surface area contributed by atoms with Crippen molar-refractivity contribution in [3.63, 3.8) is 0 Å². The predicted octanol–water partition coefficient (Wildman–Crippen LogP) is 1.49. The molecule has 0 unspecified atom stereocenters. The van der Waals surface area contributed by atoms with Gasteiger partial charge in [0.15, 0.2) is 0 Å². The lowest BCUT2D eigenvalue weighted by Crippen LogP contribution is -2.42. The molecule has 0 amide bonds. The van der Waals surface area contributed by atoms with E-state index in [1.165, 1.54) is 19.3 Å². The molecule has 1 N–H and O–H groups in total. The van der Waals surface area contributed by atoms with Gasteiger partial charge in [-0.05, 0) is 33.9 Å². The molecule has 0 heterocycles. The average molecular weight is 171 g/mol. The van der Waals surface area contributed by atoms with Crippen LogP contribution in [0.15, 0.2) is 0 Å². The summed E-state index contributed by atoms with van der Waals surface area (Å²) in [5, 5.41) is 10.1. The Hall–Kier alpha value is -0.0800. The number of nitrogens with zero attached hydrogens (tertiary/aromatic N) is 1. The first-order valence-electron chi connectivity index (χ1n) is 4.89. The van der Waals surface area contributed by atoms with Gasteiger partial charge in [0.05, 0.1) is 5.60 Å². The summed E-state index contributed by atoms with van der Waals surface area (Å²) in [7, 11) is 4.15. The highest BCUT2D eigenvalue weighted by atomic mass is 16.3. The molecule has 2 heteroatoms. The van der Waals surface area contributed by atoms with Gasteiger partial charge in [0.1, 0.15) is 0 Å². The van der Waals surface area contributed by atoms with Crippen LogP contribution in [0.2, 0.25) is 0 Å². The van der Waals surface area contributed by atoms with Gasteiger partial charge < -0.3 is 10.0 Å². The van der Waals surface area contributed by atoms with Crippen molar-refractivity contribution in [2.45, 2.75) is 38.2 Å². The molecule has 1 rings (SSSR count). The van der Waals surface area contributed by atoms with E-state index in [1.807, 2.05) is 6.92 Å². The highest BCUT2D eigenvalue weighted by Gasteiger charge is 2.34. The summed E-state index contributed by atoms with van der Waals surface area (Å²) >= 11 is 0. The van der Waals surface area contributed by atoms with E-state index < -0.39 is 5.60 Å². The lowest BCUT2D eigenvalue weighted by atomic mass is 9.76. The lowest BCUT2D eigenvalue weighted by Gasteiger charge is -2.38. The molecule has 2 atom stereocenters. The Kier molecular flexibility index (Phi) is 3.13. The molecule has 0 aromatic rings. The normalized spacial score (nSPS) is 37.2. The van der Waals surface area contributed by atoms with Crippen molar-refractivity contribution in [3.8, 4) is 0 Å². The molecular weight excluding hydrogens is 150 g/mol. The Balaban J connectivity index is 2.48. The number of rotatable bonds is 2. The Morgan fingerprint density at radius 2 is 2.08 bits per heavy atom. The van der Waals surface area contributed by atoms with Gasteiger partial charge in [-0.3, -0.25) is 0 Å².